The molecular formula is C64H74N11O10PS2+2. The molecule has 24 heteroatoms. The normalized spacial score (nSPS) is 17.5. The Labute approximate surface area is 519 Å². The Morgan fingerprint density at radius 3 is 1.75 bits per heavy atom. The number of para-hydroxylation sites is 4. The van der Waals surface area contributed by atoms with E-state index >= 15 is 0 Å². The molecule has 4 aromatic carbocycles. The number of benzene rings is 4. The molecule has 7 aromatic rings. The van der Waals surface area contributed by atoms with Crippen LogP contribution < -0.4 is 46.3 Å². The molecule has 0 unspecified atom stereocenters. The van der Waals surface area contributed by atoms with Crippen molar-refractivity contribution in [2.75, 3.05) is 74.5 Å². The molecule has 3 atom stereocenters. The largest absolute Gasteiger partial charge is 0.469 e. The molecule has 0 radical (unpaired) electrons. The number of pyridine rings is 2. The van der Waals surface area contributed by atoms with E-state index in [9.17, 15) is 38.6 Å². The first kappa shape index (κ1) is 63.3. The van der Waals surface area contributed by atoms with E-state index in [4.69, 9.17) is 15.0 Å². The zero-order valence-corrected chi connectivity index (χ0v) is 51.7. The fraction of sp³-hybridized carbons (Fsp3) is 0.328. The smallest absolute Gasteiger partial charge is 0.394 e. The molecule has 0 spiro atoms. The molecule has 8 N–H and O–H groups in total. The van der Waals surface area contributed by atoms with E-state index < -0.39 is 44.5 Å². The van der Waals surface area contributed by atoms with Gasteiger partial charge in [0.05, 0.1) is 38.8 Å². The Morgan fingerprint density at radius 2 is 1.23 bits per heavy atom. The molecular weight excluding hydrogens is 1180 g/mol. The molecule has 3 aliphatic heterocycles. The molecule has 0 bridgehead atoms. The molecule has 0 aliphatic carbocycles. The number of unbranched alkanes of at least 4 members (excludes halogenated alkanes) is 2. The van der Waals surface area contributed by atoms with Gasteiger partial charge >= 0.3 is 13.5 Å². The van der Waals surface area contributed by atoms with Gasteiger partial charge in [-0.2, -0.15) is 4.98 Å². The third-order valence-electron chi connectivity index (χ3n) is 15.6. The summed E-state index contributed by atoms with van der Waals surface area (Å²) >= 11 is 3.51. The lowest BCUT2D eigenvalue weighted by molar-refractivity contribution is -0.645. The molecule has 0 saturated carbocycles. The summed E-state index contributed by atoms with van der Waals surface area (Å²) in [5.41, 5.74) is 12.3. The predicted molar refractivity (Wildman–Crippen MR) is 343 cm³/mol. The number of thioether (sulfide) groups is 2. The Hall–Kier alpha value is -7.70. The number of hydrogen-bond donors (Lipinski definition) is 7. The second-order valence-electron chi connectivity index (χ2n) is 21.7. The number of anilines is 3. The summed E-state index contributed by atoms with van der Waals surface area (Å²) in [6.07, 6.45) is 12.6. The van der Waals surface area contributed by atoms with Crippen molar-refractivity contribution in [1.82, 2.24) is 30.4 Å². The van der Waals surface area contributed by atoms with Crippen molar-refractivity contribution < 1.29 is 52.2 Å². The molecule has 88 heavy (non-hydrogen) atoms. The van der Waals surface area contributed by atoms with Gasteiger partial charge in [0.1, 0.15) is 38.3 Å². The highest BCUT2D eigenvalue weighted by atomic mass is 32.2. The van der Waals surface area contributed by atoms with Crippen LogP contribution in [-0.4, -0.2) is 118 Å². The quantitative estimate of drug-likeness (QED) is 0.0121. The number of phosphoric ester groups is 1. The van der Waals surface area contributed by atoms with Crippen LogP contribution in [-0.2, 0) is 42.3 Å². The van der Waals surface area contributed by atoms with Gasteiger partial charge in [0.15, 0.2) is 12.4 Å². The lowest BCUT2D eigenvalue weighted by Gasteiger charge is -2.23. The minimum absolute atomic E-state index is 0.0641. The van der Waals surface area contributed by atoms with Gasteiger partial charge in [-0.25, -0.2) is 18.5 Å². The van der Waals surface area contributed by atoms with Crippen LogP contribution in [0.3, 0.4) is 0 Å². The molecule has 3 amide bonds. The van der Waals surface area contributed by atoms with E-state index in [0.29, 0.717) is 58.4 Å². The van der Waals surface area contributed by atoms with Crippen molar-refractivity contribution in [2.24, 2.45) is 14.1 Å². The summed E-state index contributed by atoms with van der Waals surface area (Å²) in [6, 6.07) is 37.9. The maximum Gasteiger partial charge on any atom is 0.469 e. The SMILES string of the molecule is C[n+]1ccc(C=C2Sc3ccccc3N2CCCCC(=O)NCCN(CCNC(=O)/C=C/c2cn([C@H]3C[C@H](OP(=O)(O)O)[C@@H](CO)O3)c(=O)nc2N)CCNC(=O)CCCCN2C(=Cc3cc[n+](C)c4ccccc34)Sc3ccccc32)c2ccccc21. The van der Waals surface area contributed by atoms with Crippen molar-refractivity contribution in [2.45, 2.75) is 73.2 Å². The molecule has 6 heterocycles. The Bertz CT molecular complexity index is 3720. The van der Waals surface area contributed by atoms with Gasteiger partial charge in [0.2, 0.25) is 28.8 Å². The van der Waals surface area contributed by atoms with Gasteiger partial charge in [-0.05, 0) is 91.4 Å². The number of nitrogens with zero attached hydrogens (tertiary/aromatic N) is 7. The fourth-order valence-electron chi connectivity index (χ4n) is 11.1. The average Bonchev–Trinajstić information content (AvgIpc) is 1.88. The summed E-state index contributed by atoms with van der Waals surface area (Å²) in [7, 11) is -0.839. The number of ether oxygens (including phenoxy) is 1. The highest BCUT2D eigenvalue weighted by Gasteiger charge is 2.41. The van der Waals surface area contributed by atoms with Gasteiger partial charge in [-0.1, -0.05) is 72.1 Å². The summed E-state index contributed by atoms with van der Waals surface area (Å²) in [4.78, 5) is 84.5. The van der Waals surface area contributed by atoms with Crippen LogP contribution >= 0.6 is 31.3 Å². The number of nitrogens with two attached hydrogens (primary N) is 1. The molecule has 460 valence electrons. The van der Waals surface area contributed by atoms with Gasteiger partial charge < -0.3 is 51.1 Å². The van der Waals surface area contributed by atoms with Crippen LogP contribution in [0.15, 0.2) is 159 Å². The zero-order valence-electron chi connectivity index (χ0n) is 49.2. The second kappa shape index (κ2) is 29.5. The highest BCUT2D eigenvalue weighted by Crippen LogP contribution is 2.48. The number of aliphatic hydroxyl groups excluding tert-OH is 1. The van der Waals surface area contributed by atoms with Gasteiger partial charge in [-0.15, -0.1) is 0 Å². The number of fused-ring (bicyclic) bond motifs is 4. The van der Waals surface area contributed by atoms with E-state index in [0.717, 1.165) is 74.1 Å². The van der Waals surface area contributed by atoms with E-state index in [2.05, 4.69) is 193 Å². The number of rotatable bonds is 27. The van der Waals surface area contributed by atoms with Crippen LogP contribution in [0.1, 0.15) is 67.9 Å². The summed E-state index contributed by atoms with van der Waals surface area (Å²) < 4.78 is 27.3. The number of aromatic nitrogens is 4. The average molecular weight is 1250 g/mol. The standard InChI is InChI=1S/C64H72N11O10PS2/c1-70-34-27-44(47-15-3-5-17-49(47)70)39-61-73(51-19-7-9-21-55(51)87-61)32-13-11-23-57(77)66-29-36-72(38-31-68-59(79)26-25-46-42-75(64(80)69-63(46)65)60-41-53(54(43-76)84-60)85-86(81,82)83)37-30-67-58(78)24-12-14-33-74-52-20-8-10-22-56(52)88-62(74)40-45-28-35-71(2)50-18-6-4-16-48(45)50/h3-10,15-22,25-28,34-35,39-40,42,53-54,60,76H,11-14,23-24,29-33,36-38,41,43H2,1-2H3,(H5-2,65,66,67,68,69,77,78,79,80,81,82,83)/p+2/b26-25+/t53-,54+,60+/m0/s1. The monoisotopic (exact) mass is 1250 g/mol. The van der Waals surface area contributed by atoms with Crippen molar-refractivity contribution in [3.8, 4) is 0 Å². The Balaban J connectivity index is 0.724. The number of hydrogen-bond acceptors (Lipinski definition) is 15. The molecule has 10 rings (SSSR count). The van der Waals surface area contributed by atoms with Gasteiger partial charge in [0, 0.05) is 124 Å². The number of carbonyl (C=O) groups excluding carboxylic acids is 3. The zero-order chi connectivity index (χ0) is 61.7. The number of aryl methyl sites for hydroxylation is 2. The summed E-state index contributed by atoms with van der Waals surface area (Å²) in [5, 5.41) is 23.4. The topological polar surface area (TPSA) is 262 Å². The Morgan fingerprint density at radius 1 is 0.727 bits per heavy atom. The lowest BCUT2D eigenvalue weighted by Crippen LogP contribution is -2.42. The number of aliphatic hydroxyl groups is 1. The molecule has 1 saturated heterocycles. The molecule has 1 fully saturated rings. The van der Waals surface area contributed by atoms with Crippen molar-refractivity contribution >= 4 is 106 Å². The van der Waals surface area contributed by atoms with Gasteiger partial charge in [-0.3, -0.25) is 28.4 Å². The van der Waals surface area contributed by atoms with Crippen LogP contribution in [0.2, 0.25) is 0 Å². The first-order chi connectivity index (χ1) is 42.6. The fourth-order valence-corrected chi connectivity index (χ4v) is 14.0. The highest BCUT2D eigenvalue weighted by molar-refractivity contribution is 8.04. The van der Waals surface area contributed by atoms with E-state index in [1.54, 1.807) is 23.5 Å². The number of phosphoric acid groups is 1. The minimum Gasteiger partial charge on any atom is -0.394 e. The number of amides is 3. The molecule has 21 nitrogen and oxygen atoms in total. The van der Waals surface area contributed by atoms with Gasteiger partial charge in [0.25, 0.3) is 0 Å². The van der Waals surface area contributed by atoms with E-state index in [-0.39, 0.29) is 36.2 Å². The first-order valence-electron chi connectivity index (χ1n) is 29.5. The summed E-state index contributed by atoms with van der Waals surface area (Å²) in [6.45, 7) is 3.04. The predicted octanol–water partition coefficient (Wildman–Crippen LogP) is 6.76. The van der Waals surface area contributed by atoms with Crippen LogP contribution in [0.25, 0.3) is 40.0 Å². The van der Waals surface area contributed by atoms with E-state index in [1.807, 2.05) is 0 Å². The summed E-state index contributed by atoms with van der Waals surface area (Å²) in [5.74, 6) is -0.777. The second-order valence-corrected chi connectivity index (χ2v) is 25.1. The number of carbonyl (C=O) groups is 3. The van der Waals surface area contributed by atoms with Crippen molar-refractivity contribution in [1.29, 1.82) is 0 Å². The van der Waals surface area contributed by atoms with E-state index in [1.165, 1.54) is 38.9 Å². The molecule has 3 aliphatic rings. The van der Waals surface area contributed by atoms with Crippen molar-refractivity contribution in [3.05, 3.63) is 171 Å². The van der Waals surface area contributed by atoms with Crippen LogP contribution in [0.5, 0.6) is 0 Å². The third-order valence-corrected chi connectivity index (χ3v) is 18.4. The minimum atomic E-state index is -4.94. The molecule has 3 aromatic heterocycles. The maximum atomic E-state index is 13.4. The third kappa shape index (κ3) is 16.1. The maximum absolute atomic E-state index is 13.4. The number of nitrogen functional groups attached to an aromatic ring is 1. The Kier molecular flexibility index (Phi) is 21.3. The van der Waals surface area contributed by atoms with Crippen LogP contribution in [0.4, 0.5) is 17.2 Å². The van der Waals surface area contributed by atoms with Crippen molar-refractivity contribution in [3.63, 3.8) is 0 Å². The number of nitrogens with one attached hydrogen (secondary N) is 3. The lowest BCUT2D eigenvalue weighted by atomic mass is 10.1. The first-order valence-corrected chi connectivity index (χ1v) is 32.6. The van der Waals surface area contributed by atoms with Crippen LogP contribution in [0, 0.1) is 0 Å².